The van der Waals surface area contributed by atoms with Crippen LogP contribution in [0.1, 0.15) is 53.2 Å². The van der Waals surface area contributed by atoms with Gasteiger partial charge in [-0.25, -0.2) is 14.2 Å². The number of carbonyl (C=O) groups excluding carboxylic acids is 1. The molecule has 1 aromatic carbocycles. The minimum absolute atomic E-state index is 0.0427. The molecule has 2 amide bonds. The maximum atomic E-state index is 14.6. The molecule has 0 aliphatic heterocycles. The predicted octanol–water partition coefficient (Wildman–Crippen LogP) is 6.39. The topological polar surface area (TPSA) is 66.9 Å². The summed E-state index contributed by atoms with van der Waals surface area (Å²) >= 11 is 7.31. The first kappa shape index (κ1) is 25.4. The molecule has 0 spiro atoms. The largest absolute Gasteiger partial charge is 0.416 e. The quantitative estimate of drug-likeness (QED) is 0.366. The third-order valence-corrected chi connectivity index (χ3v) is 7.17. The van der Waals surface area contributed by atoms with Gasteiger partial charge in [-0.2, -0.15) is 13.2 Å². The number of amides is 2. The van der Waals surface area contributed by atoms with Crippen LogP contribution in [0.3, 0.4) is 0 Å². The smallest absolute Gasteiger partial charge is 0.335 e. The predicted molar refractivity (Wildman–Crippen MR) is 126 cm³/mol. The molecule has 2 heterocycles. The standard InChI is InChI=1S/C24H23ClF4N4OS/c1-14-13-35-21(31-14)11-23(20-7-6-17(25)12-30-20,33-22(34)32-19-4-2-3-5-19)15-8-16(24(27,28)29)10-18(26)9-15/h6-10,12-13,19H,2-5,11H2,1H3,(H2,32,33,34)/t23-/m0/s1. The van der Waals surface area contributed by atoms with Gasteiger partial charge in [-0.3, -0.25) is 4.98 Å². The van der Waals surface area contributed by atoms with Crippen molar-refractivity contribution in [3.05, 3.63) is 80.3 Å². The second-order valence-corrected chi connectivity index (χ2v) is 10.0. The van der Waals surface area contributed by atoms with E-state index in [-0.39, 0.29) is 23.7 Å². The zero-order valence-electron chi connectivity index (χ0n) is 18.8. The lowest BCUT2D eigenvalue weighted by molar-refractivity contribution is -0.137. The summed E-state index contributed by atoms with van der Waals surface area (Å²) < 4.78 is 55.5. The van der Waals surface area contributed by atoms with E-state index in [1.165, 1.54) is 29.7 Å². The van der Waals surface area contributed by atoms with Gasteiger partial charge in [0, 0.05) is 29.7 Å². The summed E-state index contributed by atoms with van der Waals surface area (Å²) in [4.78, 5) is 22.0. The Kier molecular flexibility index (Phi) is 7.32. The number of aryl methyl sites for hydroxylation is 1. The Morgan fingerprint density at radius 2 is 1.89 bits per heavy atom. The highest BCUT2D eigenvalue weighted by Crippen LogP contribution is 2.38. The summed E-state index contributed by atoms with van der Waals surface area (Å²) in [6, 6.07) is 4.65. The molecule has 0 bridgehead atoms. The molecule has 11 heteroatoms. The molecule has 3 aromatic rings. The normalized spacial score (nSPS) is 16.2. The van der Waals surface area contributed by atoms with E-state index >= 15 is 0 Å². The van der Waals surface area contributed by atoms with Gasteiger partial charge in [0.05, 0.1) is 21.3 Å². The van der Waals surface area contributed by atoms with Gasteiger partial charge in [-0.15, -0.1) is 11.3 Å². The Hall–Kier alpha value is -2.72. The summed E-state index contributed by atoms with van der Waals surface area (Å²) in [5.41, 5.74) is -2.00. The highest BCUT2D eigenvalue weighted by molar-refractivity contribution is 7.09. The van der Waals surface area contributed by atoms with Crippen LogP contribution in [0.5, 0.6) is 0 Å². The zero-order chi connectivity index (χ0) is 25.2. The van der Waals surface area contributed by atoms with Gasteiger partial charge in [-0.1, -0.05) is 24.4 Å². The van der Waals surface area contributed by atoms with Crippen molar-refractivity contribution < 1.29 is 22.4 Å². The average molecular weight is 527 g/mol. The number of rotatable bonds is 6. The fourth-order valence-electron chi connectivity index (χ4n) is 4.35. The number of carbonyl (C=O) groups is 1. The first-order valence-corrected chi connectivity index (χ1v) is 12.3. The molecule has 35 heavy (non-hydrogen) atoms. The molecule has 1 aliphatic carbocycles. The molecular formula is C24H23ClF4N4OS. The first-order valence-electron chi connectivity index (χ1n) is 11.1. The van der Waals surface area contributed by atoms with Crippen LogP contribution in [0, 0.1) is 12.7 Å². The lowest BCUT2D eigenvalue weighted by Crippen LogP contribution is -2.54. The molecule has 0 saturated heterocycles. The molecule has 1 saturated carbocycles. The van der Waals surface area contributed by atoms with E-state index in [0.717, 1.165) is 37.8 Å². The fourth-order valence-corrected chi connectivity index (χ4v) is 5.31. The van der Waals surface area contributed by atoms with Crippen LogP contribution < -0.4 is 10.6 Å². The number of alkyl halides is 3. The number of nitrogens with one attached hydrogen (secondary N) is 2. The van der Waals surface area contributed by atoms with E-state index in [2.05, 4.69) is 20.6 Å². The summed E-state index contributed by atoms with van der Waals surface area (Å²) in [5, 5.41) is 8.39. The second-order valence-electron chi connectivity index (χ2n) is 8.63. The van der Waals surface area contributed by atoms with Gasteiger partial charge < -0.3 is 10.6 Å². The van der Waals surface area contributed by atoms with Gasteiger partial charge in [0.1, 0.15) is 11.4 Å². The second kappa shape index (κ2) is 10.1. The maximum absolute atomic E-state index is 14.6. The Bertz CT molecular complexity index is 1190. The van der Waals surface area contributed by atoms with Crippen molar-refractivity contribution in [2.75, 3.05) is 0 Å². The molecule has 5 nitrogen and oxygen atoms in total. The monoisotopic (exact) mass is 526 g/mol. The summed E-state index contributed by atoms with van der Waals surface area (Å²) in [6.07, 6.45) is 0.0726. The van der Waals surface area contributed by atoms with E-state index in [4.69, 9.17) is 11.6 Å². The number of benzene rings is 1. The number of hydrogen-bond acceptors (Lipinski definition) is 4. The summed E-state index contributed by atoms with van der Waals surface area (Å²) in [6.45, 7) is 1.78. The van der Waals surface area contributed by atoms with Crippen LogP contribution in [-0.4, -0.2) is 22.0 Å². The number of hydrogen-bond donors (Lipinski definition) is 2. The van der Waals surface area contributed by atoms with Gasteiger partial charge in [0.2, 0.25) is 0 Å². The molecular weight excluding hydrogens is 504 g/mol. The Morgan fingerprint density at radius 1 is 1.17 bits per heavy atom. The lowest BCUT2D eigenvalue weighted by Gasteiger charge is -2.35. The Balaban J connectivity index is 1.88. The number of nitrogens with zero attached hydrogens (tertiary/aromatic N) is 2. The van der Waals surface area contributed by atoms with Crippen molar-refractivity contribution in [1.29, 1.82) is 0 Å². The van der Waals surface area contributed by atoms with Gasteiger partial charge in [0.25, 0.3) is 0 Å². The maximum Gasteiger partial charge on any atom is 0.416 e. The van der Waals surface area contributed by atoms with Crippen molar-refractivity contribution in [3.63, 3.8) is 0 Å². The van der Waals surface area contributed by atoms with Crippen LogP contribution in [-0.2, 0) is 18.1 Å². The van der Waals surface area contributed by atoms with Crippen molar-refractivity contribution in [2.45, 2.75) is 56.8 Å². The molecule has 1 aliphatic rings. The minimum Gasteiger partial charge on any atom is -0.335 e. The van der Waals surface area contributed by atoms with Crippen molar-refractivity contribution >= 4 is 29.0 Å². The van der Waals surface area contributed by atoms with Crippen LogP contribution in [0.15, 0.2) is 41.9 Å². The molecule has 0 unspecified atom stereocenters. The van der Waals surface area contributed by atoms with Gasteiger partial charge >= 0.3 is 12.2 Å². The first-order chi connectivity index (χ1) is 16.5. The van der Waals surface area contributed by atoms with Crippen molar-refractivity contribution in [1.82, 2.24) is 20.6 Å². The Morgan fingerprint density at radius 3 is 2.49 bits per heavy atom. The zero-order valence-corrected chi connectivity index (χ0v) is 20.3. The van der Waals surface area contributed by atoms with E-state index in [1.807, 2.05) is 0 Å². The van der Waals surface area contributed by atoms with Crippen LogP contribution in [0.2, 0.25) is 5.02 Å². The fraction of sp³-hybridized carbons (Fsp3) is 0.375. The van der Waals surface area contributed by atoms with E-state index in [9.17, 15) is 22.4 Å². The molecule has 2 aromatic heterocycles. The van der Waals surface area contributed by atoms with E-state index < -0.39 is 29.1 Å². The Labute approximate surface area is 208 Å². The van der Waals surface area contributed by atoms with Crippen LogP contribution in [0.4, 0.5) is 22.4 Å². The number of urea groups is 1. The third-order valence-electron chi connectivity index (χ3n) is 5.98. The summed E-state index contributed by atoms with van der Waals surface area (Å²) in [7, 11) is 0. The number of halogens is 5. The highest BCUT2D eigenvalue weighted by Gasteiger charge is 2.42. The SMILES string of the molecule is Cc1csc(C[C@](NC(=O)NC2CCCC2)(c2cc(F)cc(C(F)(F)F)c2)c2ccc(Cl)cn2)n1. The highest BCUT2D eigenvalue weighted by atomic mass is 35.5. The van der Waals surface area contributed by atoms with Gasteiger partial charge in [-0.05, 0) is 55.7 Å². The molecule has 0 radical (unpaired) electrons. The molecule has 186 valence electrons. The van der Waals surface area contributed by atoms with E-state index in [1.54, 1.807) is 12.3 Å². The van der Waals surface area contributed by atoms with Crippen molar-refractivity contribution in [3.8, 4) is 0 Å². The number of aromatic nitrogens is 2. The van der Waals surface area contributed by atoms with Crippen LogP contribution >= 0.6 is 22.9 Å². The third kappa shape index (κ3) is 5.92. The number of pyridine rings is 1. The summed E-state index contributed by atoms with van der Waals surface area (Å²) in [5.74, 6) is -1.08. The van der Waals surface area contributed by atoms with E-state index in [0.29, 0.717) is 21.8 Å². The molecule has 4 rings (SSSR count). The van der Waals surface area contributed by atoms with Gasteiger partial charge in [0.15, 0.2) is 0 Å². The lowest BCUT2D eigenvalue weighted by atomic mass is 9.82. The molecule has 2 N–H and O–H groups in total. The number of thiazole rings is 1. The van der Waals surface area contributed by atoms with Crippen molar-refractivity contribution in [2.24, 2.45) is 0 Å². The average Bonchev–Trinajstić information content (AvgIpc) is 3.44. The molecule has 1 atom stereocenters. The minimum atomic E-state index is -4.79. The molecule has 1 fully saturated rings. The van der Waals surface area contributed by atoms with Crippen LogP contribution in [0.25, 0.3) is 0 Å².